The molecule has 88 valence electrons. The Kier molecular flexibility index (Phi) is 3.94. The maximum atomic E-state index is 13.2. The molecule has 0 saturated carbocycles. The highest BCUT2D eigenvalue weighted by molar-refractivity contribution is 5.21. The summed E-state index contributed by atoms with van der Waals surface area (Å²) >= 11 is 0. The van der Waals surface area contributed by atoms with Crippen LogP contribution in [0.3, 0.4) is 0 Å². The summed E-state index contributed by atoms with van der Waals surface area (Å²) in [5, 5.41) is 3.44. The van der Waals surface area contributed by atoms with E-state index in [0.29, 0.717) is 11.8 Å². The number of benzene rings is 1. The van der Waals surface area contributed by atoms with Gasteiger partial charge < -0.3 is 5.32 Å². The Morgan fingerprint density at radius 3 is 3.00 bits per heavy atom. The lowest BCUT2D eigenvalue weighted by atomic mass is 9.80. The third kappa shape index (κ3) is 2.62. The normalized spacial score (nSPS) is 23.0. The van der Waals surface area contributed by atoms with Gasteiger partial charge in [0.1, 0.15) is 5.82 Å². The zero-order valence-electron chi connectivity index (χ0n) is 9.88. The minimum atomic E-state index is -0.111. The van der Waals surface area contributed by atoms with Crippen LogP contribution in [0.4, 0.5) is 4.39 Å². The van der Waals surface area contributed by atoms with E-state index in [1.165, 1.54) is 18.9 Å². The summed E-state index contributed by atoms with van der Waals surface area (Å²) in [7, 11) is 0. The van der Waals surface area contributed by atoms with Crippen LogP contribution in [0.1, 0.15) is 37.7 Å². The third-order valence-corrected chi connectivity index (χ3v) is 3.62. The van der Waals surface area contributed by atoms with Crippen molar-refractivity contribution in [3.05, 3.63) is 35.6 Å². The fourth-order valence-electron chi connectivity index (χ4n) is 2.80. The zero-order chi connectivity index (χ0) is 11.4. The van der Waals surface area contributed by atoms with E-state index in [-0.39, 0.29) is 5.82 Å². The van der Waals surface area contributed by atoms with Crippen LogP contribution in [0.15, 0.2) is 24.3 Å². The fraction of sp³-hybridized carbons (Fsp3) is 0.571. The van der Waals surface area contributed by atoms with Crippen LogP contribution in [0.2, 0.25) is 0 Å². The van der Waals surface area contributed by atoms with Crippen molar-refractivity contribution >= 4 is 0 Å². The van der Waals surface area contributed by atoms with E-state index in [4.69, 9.17) is 0 Å². The summed E-state index contributed by atoms with van der Waals surface area (Å²) in [5.41, 5.74) is 1.16. The van der Waals surface area contributed by atoms with Crippen molar-refractivity contribution in [2.24, 2.45) is 5.92 Å². The molecule has 1 heterocycles. The molecule has 1 N–H and O–H groups in total. The van der Waals surface area contributed by atoms with Gasteiger partial charge in [-0.15, -0.1) is 0 Å². The fourth-order valence-corrected chi connectivity index (χ4v) is 2.80. The molecule has 1 aromatic rings. The van der Waals surface area contributed by atoms with Crippen LogP contribution < -0.4 is 5.32 Å². The maximum Gasteiger partial charge on any atom is 0.123 e. The molecular weight excluding hydrogens is 201 g/mol. The number of hydrogen-bond donors (Lipinski definition) is 1. The highest BCUT2D eigenvalue weighted by atomic mass is 19.1. The minimum Gasteiger partial charge on any atom is -0.316 e. The molecular formula is C14H20FN. The van der Waals surface area contributed by atoms with E-state index in [1.807, 2.05) is 6.07 Å². The third-order valence-electron chi connectivity index (χ3n) is 3.62. The monoisotopic (exact) mass is 221 g/mol. The second kappa shape index (κ2) is 5.44. The van der Waals surface area contributed by atoms with Crippen molar-refractivity contribution in [2.75, 3.05) is 13.1 Å². The van der Waals surface area contributed by atoms with Gasteiger partial charge in [-0.3, -0.25) is 0 Å². The molecule has 1 aromatic carbocycles. The Morgan fingerprint density at radius 2 is 2.38 bits per heavy atom. The Hall–Kier alpha value is -0.890. The molecule has 0 aromatic heterocycles. The number of rotatable bonds is 3. The molecule has 1 fully saturated rings. The lowest BCUT2D eigenvalue weighted by Crippen LogP contribution is -2.33. The van der Waals surface area contributed by atoms with E-state index >= 15 is 0 Å². The van der Waals surface area contributed by atoms with Crippen LogP contribution >= 0.6 is 0 Å². The van der Waals surface area contributed by atoms with Crippen molar-refractivity contribution < 1.29 is 4.39 Å². The van der Waals surface area contributed by atoms with Crippen LogP contribution in [-0.2, 0) is 0 Å². The zero-order valence-corrected chi connectivity index (χ0v) is 9.88. The average Bonchev–Trinajstić information content (AvgIpc) is 2.31. The van der Waals surface area contributed by atoms with Gasteiger partial charge in [-0.1, -0.05) is 19.1 Å². The number of piperidine rings is 1. The standard InChI is InChI=1S/C14H20FN/c1-2-14(12-6-4-8-16-10-12)11-5-3-7-13(15)9-11/h3,5,7,9,12,14,16H,2,4,6,8,10H2,1H3. The van der Waals surface area contributed by atoms with E-state index in [1.54, 1.807) is 6.07 Å². The van der Waals surface area contributed by atoms with Crippen molar-refractivity contribution in [2.45, 2.75) is 32.1 Å². The van der Waals surface area contributed by atoms with Crippen LogP contribution in [0.5, 0.6) is 0 Å². The van der Waals surface area contributed by atoms with Gasteiger partial charge in [-0.25, -0.2) is 4.39 Å². The molecule has 1 nitrogen and oxygen atoms in total. The van der Waals surface area contributed by atoms with E-state index in [0.717, 1.165) is 25.1 Å². The molecule has 1 aliphatic rings. The van der Waals surface area contributed by atoms with Gasteiger partial charge in [0.25, 0.3) is 0 Å². The molecule has 0 spiro atoms. The number of hydrogen-bond acceptors (Lipinski definition) is 1. The first-order valence-corrected chi connectivity index (χ1v) is 6.27. The van der Waals surface area contributed by atoms with Crippen LogP contribution in [0, 0.1) is 11.7 Å². The quantitative estimate of drug-likeness (QED) is 0.825. The topological polar surface area (TPSA) is 12.0 Å². The lowest BCUT2D eigenvalue weighted by Gasteiger charge is -2.30. The molecule has 1 saturated heterocycles. The van der Waals surface area contributed by atoms with Crippen LogP contribution in [-0.4, -0.2) is 13.1 Å². The summed E-state index contributed by atoms with van der Waals surface area (Å²) in [4.78, 5) is 0. The molecule has 0 aliphatic carbocycles. The highest BCUT2D eigenvalue weighted by Gasteiger charge is 2.23. The highest BCUT2D eigenvalue weighted by Crippen LogP contribution is 2.32. The second-order valence-corrected chi connectivity index (χ2v) is 4.68. The first kappa shape index (κ1) is 11.6. The minimum absolute atomic E-state index is 0.111. The van der Waals surface area contributed by atoms with Gasteiger partial charge in [0.15, 0.2) is 0 Å². The Labute approximate surface area is 97.1 Å². The Morgan fingerprint density at radius 1 is 1.50 bits per heavy atom. The van der Waals surface area contributed by atoms with E-state index in [9.17, 15) is 4.39 Å². The second-order valence-electron chi connectivity index (χ2n) is 4.68. The predicted molar refractivity (Wildman–Crippen MR) is 65.0 cm³/mol. The van der Waals surface area contributed by atoms with Gasteiger partial charge in [0.2, 0.25) is 0 Å². The smallest absolute Gasteiger partial charge is 0.123 e. The van der Waals surface area contributed by atoms with E-state index in [2.05, 4.69) is 18.3 Å². The first-order chi connectivity index (χ1) is 7.81. The summed E-state index contributed by atoms with van der Waals surface area (Å²) in [6.07, 6.45) is 3.61. The van der Waals surface area contributed by atoms with Gasteiger partial charge in [-0.2, -0.15) is 0 Å². The van der Waals surface area contributed by atoms with Crippen molar-refractivity contribution in [3.63, 3.8) is 0 Å². The van der Waals surface area contributed by atoms with Gasteiger partial charge >= 0.3 is 0 Å². The number of halogens is 1. The van der Waals surface area contributed by atoms with Gasteiger partial charge in [0, 0.05) is 0 Å². The van der Waals surface area contributed by atoms with Gasteiger partial charge in [0.05, 0.1) is 0 Å². The lowest BCUT2D eigenvalue weighted by molar-refractivity contribution is 0.316. The van der Waals surface area contributed by atoms with Crippen molar-refractivity contribution in [1.29, 1.82) is 0 Å². The molecule has 2 rings (SSSR count). The molecule has 0 bridgehead atoms. The molecule has 2 unspecified atom stereocenters. The molecule has 0 amide bonds. The summed E-state index contributed by atoms with van der Waals surface area (Å²) in [5.74, 6) is 1.06. The van der Waals surface area contributed by atoms with Crippen molar-refractivity contribution in [3.8, 4) is 0 Å². The molecule has 2 heteroatoms. The molecule has 0 radical (unpaired) electrons. The van der Waals surface area contributed by atoms with Crippen molar-refractivity contribution in [1.82, 2.24) is 5.32 Å². The summed E-state index contributed by atoms with van der Waals surface area (Å²) in [6, 6.07) is 7.10. The van der Waals surface area contributed by atoms with Crippen LogP contribution in [0.25, 0.3) is 0 Å². The molecule has 16 heavy (non-hydrogen) atoms. The Bertz CT molecular complexity index is 331. The van der Waals surface area contributed by atoms with Gasteiger partial charge in [-0.05, 0) is 61.9 Å². The molecule has 1 aliphatic heterocycles. The largest absolute Gasteiger partial charge is 0.316 e. The summed E-state index contributed by atoms with van der Waals surface area (Å²) < 4.78 is 13.2. The average molecular weight is 221 g/mol. The maximum absolute atomic E-state index is 13.2. The SMILES string of the molecule is CCC(c1cccc(F)c1)C1CCCNC1. The predicted octanol–water partition coefficient (Wildman–Crippen LogP) is 3.32. The Balaban J connectivity index is 2.14. The summed E-state index contributed by atoms with van der Waals surface area (Å²) in [6.45, 7) is 4.41. The molecule has 2 atom stereocenters. The number of nitrogens with one attached hydrogen (secondary N) is 1. The first-order valence-electron chi connectivity index (χ1n) is 6.27. The van der Waals surface area contributed by atoms with E-state index < -0.39 is 0 Å².